The van der Waals surface area contributed by atoms with E-state index in [0.717, 1.165) is 39.1 Å². The summed E-state index contributed by atoms with van der Waals surface area (Å²) < 4.78 is 6.19. The summed E-state index contributed by atoms with van der Waals surface area (Å²) in [7, 11) is 0. The molecule has 0 spiro atoms. The van der Waals surface area contributed by atoms with Gasteiger partial charge < -0.3 is 9.84 Å². The van der Waals surface area contributed by atoms with Gasteiger partial charge in [0.1, 0.15) is 5.75 Å². The number of rotatable bonds is 6. The van der Waals surface area contributed by atoms with Crippen LogP contribution in [-0.2, 0) is 16.6 Å². The first kappa shape index (κ1) is 20.8. The van der Waals surface area contributed by atoms with Gasteiger partial charge in [0.05, 0.1) is 12.5 Å². The van der Waals surface area contributed by atoms with Gasteiger partial charge in [0, 0.05) is 11.1 Å². The summed E-state index contributed by atoms with van der Waals surface area (Å²) >= 11 is 0. The zero-order valence-electron chi connectivity index (χ0n) is 17.2. The standard InChI is InChI=1S/C24H30O3/c1-8-19-16(4)20(18-11-9-17(10-12-18)13-22(25)26)14-21(24(5,6)7)23(19)27-15(2)3/h8-12,14-15H,1,13H2,2-7H3,(H,25,26). The summed E-state index contributed by atoms with van der Waals surface area (Å²) in [6, 6.07) is 9.94. The molecule has 0 fully saturated rings. The second-order valence-electron chi connectivity index (χ2n) is 8.23. The normalized spacial score (nSPS) is 11.5. The van der Waals surface area contributed by atoms with Crippen LogP contribution in [0.2, 0.25) is 0 Å². The monoisotopic (exact) mass is 366 g/mol. The van der Waals surface area contributed by atoms with E-state index in [1.807, 2.05) is 44.2 Å². The van der Waals surface area contributed by atoms with E-state index in [9.17, 15) is 4.79 Å². The maximum Gasteiger partial charge on any atom is 0.307 e. The van der Waals surface area contributed by atoms with Crippen LogP contribution in [-0.4, -0.2) is 17.2 Å². The van der Waals surface area contributed by atoms with Gasteiger partial charge in [-0.25, -0.2) is 0 Å². The van der Waals surface area contributed by atoms with Crippen LogP contribution in [0.1, 0.15) is 56.9 Å². The molecule has 3 nitrogen and oxygen atoms in total. The molecule has 0 aliphatic carbocycles. The third-order valence-corrected chi connectivity index (χ3v) is 4.57. The molecule has 0 unspecified atom stereocenters. The van der Waals surface area contributed by atoms with E-state index in [2.05, 4.69) is 40.3 Å². The van der Waals surface area contributed by atoms with Crippen molar-refractivity contribution < 1.29 is 14.6 Å². The second kappa shape index (κ2) is 7.99. The van der Waals surface area contributed by atoms with Gasteiger partial charge in [-0.15, -0.1) is 0 Å². The molecule has 2 aromatic carbocycles. The largest absolute Gasteiger partial charge is 0.490 e. The summed E-state index contributed by atoms with van der Waals surface area (Å²) in [5.41, 5.74) is 6.15. The Hall–Kier alpha value is -2.55. The maximum absolute atomic E-state index is 10.9. The lowest BCUT2D eigenvalue weighted by atomic mass is 9.81. The smallest absolute Gasteiger partial charge is 0.307 e. The van der Waals surface area contributed by atoms with Gasteiger partial charge in [0.25, 0.3) is 0 Å². The summed E-state index contributed by atoms with van der Waals surface area (Å²) in [6.45, 7) is 16.7. The number of aliphatic carboxylic acids is 1. The van der Waals surface area contributed by atoms with E-state index in [1.54, 1.807) is 0 Å². The number of ether oxygens (including phenoxy) is 1. The molecule has 0 aliphatic rings. The highest BCUT2D eigenvalue weighted by molar-refractivity contribution is 5.78. The highest BCUT2D eigenvalue weighted by Crippen LogP contribution is 2.41. The SMILES string of the molecule is C=Cc1c(C)c(-c2ccc(CC(=O)O)cc2)cc(C(C)(C)C)c1OC(C)C. The minimum absolute atomic E-state index is 0.0333. The number of benzene rings is 2. The molecule has 0 heterocycles. The van der Waals surface area contributed by atoms with Crippen molar-refractivity contribution in [3.63, 3.8) is 0 Å². The molecule has 144 valence electrons. The van der Waals surface area contributed by atoms with E-state index >= 15 is 0 Å². The molecule has 0 saturated carbocycles. The fourth-order valence-corrected chi connectivity index (χ4v) is 3.22. The zero-order chi connectivity index (χ0) is 20.4. The first-order valence-corrected chi connectivity index (χ1v) is 9.33. The maximum atomic E-state index is 10.9. The molecule has 0 saturated heterocycles. The van der Waals surface area contributed by atoms with Crippen molar-refractivity contribution in [3.05, 3.63) is 59.2 Å². The van der Waals surface area contributed by atoms with Crippen molar-refractivity contribution in [2.24, 2.45) is 0 Å². The fourth-order valence-electron chi connectivity index (χ4n) is 3.22. The lowest BCUT2D eigenvalue weighted by Gasteiger charge is -2.28. The van der Waals surface area contributed by atoms with Crippen molar-refractivity contribution >= 4 is 12.0 Å². The van der Waals surface area contributed by atoms with E-state index in [1.165, 1.54) is 0 Å². The van der Waals surface area contributed by atoms with Crippen LogP contribution in [0, 0.1) is 6.92 Å². The lowest BCUT2D eigenvalue weighted by Crippen LogP contribution is -2.18. The minimum atomic E-state index is -0.821. The Morgan fingerprint density at radius 3 is 2.26 bits per heavy atom. The summed E-state index contributed by atoms with van der Waals surface area (Å²) in [6.07, 6.45) is 1.97. The van der Waals surface area contributed by atoms with Crippen LogP contribution in [0.15, 0.2) is 36.9 Å². The fraction of sp³-hybridized carbons (Fsp3) is 0.375. The molecule has 1 N–H and O–H groups in total. The third-order valence-electron chi connectivity index (χ3n) is 4.57. The minimum Gasteiger partial charge on any atom is -0.490 e. The van der Waals surface area contributed by atoms with Gasteiger partial charge in [-0.3, -0.25) is 4.79 Å². The number of carboxylic acid groups (broad SMARTS) is 1. The van der Waals surface area contributed by atoms with Crippen molar-refractivity contribution in [3.8, 4) is 16.9 Å². The first-order valence-electron chi connectivity index (χ1n) is 9.33. The van der Waals surface area contributed by atoms with E-state index in [0.29, 0.717) is 0 Å². The molecule has 3 heteroatoms. The lowest BCUT2D eigenvalue weighted by molar-refractivity contribution is -0.136. The zero-order valence-corrected chi connectivity index (χ0v) is 17.2. The molecule has 0 aromatic heterocycles. The van der Waals surface area contributed by atoms with Crippen LogP contribution >= 0.6 is 0 Å². The first-order chi connectivity index (χ1) is 12.5. The van der Waals surface area contributed by atoms with Gasteiger partial charge in [-0.2, -0.15) is 0 Å². The Morgan fingerprint density at radius 2 is 1.81 bits per heavy atom. The van der Waals surface area contributed by atoms with E-state index < -0.39 is 5.97 Å². The number of hydrogen-bond donors (Lipinski definition) is 1. The van der Waals surface area contributed by atoms with E-state index in [4.69, 9.17) is 9.84 Å². The van der Waals surface area contributed by atoms with Crippen LogP contribution in [0.4, 0.5) is 0 Å². The number of carbonyl (C=O) groups is 1. The van der Waals surface area contributed by atoms with Crippen LogP contribution in [0.25, 0.3) is 17.2 Å². The number of carboxylic acids is 1. The second-order valence-corrected chi connectivity index (χ2v) is 8.23. The molecular formula is C24H30O3. The molecule has 2 aromatic rings. The summed E-state index contributed by atoms with van der Waals surface area (Å²) in [5, 5.41) is 8.97. The Morgan fingerprint density at radius 1 is 1.22 bits per heavy atom. The van der Waals surface area contributed by atoms with Crippen molar-refractivity contribution in [2.75, 3.05) is 0 Å². The van der Waals surface area contributed by atoms with Crippen molar-refractivity contribution in [1.29, 1.82) is 0 Å². The quantitative estimate of drug-likeness (QED) is 0.680. The van der Waals surface area contributed by atoms with Gasteiger partial charge in [0.2, 0.25) is 0 Å². The highest BCUT2D eigenvalue weighted by Gasteiger charge is 2.25. The van der Waals surface area contributed by atoms with Crippen LogP contribution in [0.5, 0.6) is 5.75 Å². The summed E-state index contributed by atoms with van der Waals surface area (Å²) in [5.74, 6) is 0.0781. The Kier molecular flexibility index (Phi) is 6.15. The van der Waals surface area contributed by atoms with Crippen LogP contribution < -0.4 is 4.74 Å². The van der Waals surface area contributed by atoms with Gasteiger partial charge >= 0.3 is 5.97 Å². The molecule has 0 aliphatic heterocycles. The average Bonchev–Trinajstić information content (AvgIpc) is 2.54. The van der Waals surface area contributed by atoms with Gasteiger partial charge in [0.15, 0.2) is 0 Å². The third kappa shape index (κ3) is 4.79. The van der Waals surface area contributed by atoms with E-state index in [-0.39, 0.29) is 17.9 Å². The molecule has 0 radical (unpaired) electrons. The molecule has 27 heavy (non-hydrogen) atoms. The Labute approximate surface area is 162 Å². The van der Waals surface area contributed by atoms with Gasteiger partial charge in [-0.1, -0.05) is 57.7 Å². The predicted molar refractivity (Wildman–Crippen MR) is 113 cm³/mol. The number of hydrogen-bond acceptors (Lipinski definition) is 2. The molecule has 0 amide bonds. The van der Waals surface area contributed by atoms with Crippen LogP contribution in [0.3, 0.4) is 0 Å². The average molecular weight is 367 g/mol. The molecule has 0 bridgehead atoms. The highest BCUT2D eigenvalue weighted by atomic mass is 16.5. The Bertz CT molecular complexity index is 837. The molecule has 2 rings (SSSR count). The van der Waals surface area contributed by atoms with Crippen molar-refractivity contribution in [1.82, 2.24) is 0 Å². The predicted octanol–water partition coefficient (Wildman–Crippen LogP) is 6.02. The van der Waals surface area contributed by atoms with Crippen molar-refractivity contribution in [2.45, 2.75) is 59.5 Å². The topological polar surface area (TPSA) is 46.5 Å². The molecule has 0 atom stereocenters. The summed E-state index contributed by atoms with van der Waals surface area (Å²) in [4.78, 5) is 10.9. The molecular weight excluding hydrogens is 336 g/mol. The Balaban J connectivity index is 2.67. The van der Waals surface area contributed by atoms with Gasteiger partial charge in [-0.05, 0) is 54.5 Å².